The number of rotatable bonds is 4. The van der Waals surface area contributed by atoms with Crippen molar-refractivity contribution in [1.82, 2.24) is 0 Å². The van der Waals surface area contributed by atoms with Gasteiger partial charge in [-0.3, -0.25) is 0 Å². The summed E-state index contributed by atoms with van der Waals surface area (Å²) in [5, 5.41) is 0. The third-order valence-corrected chi connectivity index (χ3v) is 3.14. The number of carbonyl (C=O) groups excluding carboxylic acids is 1. The molecule has 102 valence electrons. The quantitative estimate of drug-likeness (QED) is 0.783. The maximum atomic E-state index is 11.7. The van der Waals surface area contributed by atoms with Crippen molar-refractivity contribution < 1.29 is 19.0 Å². The molecule has 0 unspecified atom stereocenters. The minimum Gasteiger partial charge on any atom is -0.497 e. The zero-order valence-corrected chi connectivity index (χ0v) is 11.2. The fourth-order valence-electron chi connectivity index (χ4n) is 2.12. The fraction of sp³-hybridized carbons (Fsp3) is 0.400. The van der Waals surface area contributed by atoms with Gasteiger partial charge in [0.25, 0.3) is 0 Å². The Hall–Kier alpha value is -1.97. The highest BCUT2D eigenvalue weighted by molar-refractivity contribution is 5.89. The lowest BCUT2D eigenvalue weighted by Crippen LogP contribution is -2.27. The van der Waals surface area contributed by atoms with Crippen molar-refractivity contribution in [2.24, 2.45) is 0 Å². The SMILES string of the molecule is COC(=O)C1=CCCC[C@@H]1Oc1ccc(OC)cc1. The number of esters is 1. The van der Waals surface area contributed by atoms with Gasteiger partial charge in [0.2, 0.25) is 0 Å². The van der Waals surface area contributed by atoms with Crippen molar-refractivity contribution in [1.29, 1.82) is 0 Å². The molecule has 4 heteroatoms. The van der Waals surface area contributed by atoms with E-state index in [9.17, 15) is 4.79 Å². The molecular weight excluding hydrogens is 244 g/mol. The van der Waals surface area contributed by atoms with Crippen LogP contribution in [0.2, 0.25) is 0 Å². The number of hydrogen-bond donors (Lipinski definition) is 0. The van der Waals surface area contributed by atoms with Crippen LogP contribution in [0.25, 0.3) is 0 Å². The number of hydrogen-bond acceptors (Lipinski definition) is 4. The lowest BCUT2D eigenvalue weighted by Gasteiger charge is -2.23. The number of ether oxygens (including phenoxy) is 3. The molecule has 0 fully saturated rings. The Morgan fingerprint density at radius 3 is 2.47 bits per heavy atom. The van der Waals surface area contributed by atoms with Crippen LogP contribution < -0.4 is 9.47 Å². The molecule has 0 saturated heterocycles. The first-order valence-corrected chi connectivity index (χ1v) is 6.33. The third kappa shape index (κ3) is 3.28. The normalized spacial score (nSPS) is 18.4. The Kier molecular flexibility index (Phi) is 4.44. The molecule has 0 spiro atoms. The maximum Gasteiger partial charge on any atom is 0.337 e. The molecule has 0 saturated carbocycles. The van der Waals surface area contributed by atoms with Crippen LogP contribution in [-0.4, -0.2) is 26.3 Å². The molecule has 1 aliphatic carbocycles. The second-order valence-corrected chi connectivity index (χ2v) is 4.36. The van der Waals surface area contributed by atoms with Gasteiger partial charge in [-0.25, -0.2) is 4.79 Å². The van der Waals surface area contributed by atoms with Crippen LogP contribution >= 0.6 is 0 Å². The molecule has 0 aromatic heterocycles. The Morgan fingerprint density at radius 1 is 1.16 bits per heavy atom. The summed E-state index contributed by atoms with van der Waals surface area (Å²) in [4.78, 5) is 11.7. The molecule has 0 N–H and O–H groups in total. The van der Waals surface area contributed by atoms with Crippen LogP contribution in [-0.2, 0) is 9.53 Å². The van der Waals surface area contributed by atoms with Crippen LogP contribution in [0, 0.1) is 0 Å². The molecule has 1 atom stereocenters. The van der Waals surface area contributed by atoms with Crippen LogP contribution in [0.1, 0.15) is 19.3 Å². The standard InChI is InChI=1S/C15H18O4/c1-17-11-7-9-12(10-8-11)19-14-6-4-3-5-13(14)15(16)18-2/h5,7-10,14H,3-4,6H2,1-2H3/t14-/m0/s1. The molecule has 0 amide bonds. The van der Waals surface area contributed by atoms with Crippen molar-refractivity contribution in [2.45, 2.75) is 25.4 Å². The van der Waals surface area contributed by atoms with Crippen molar-refractivity contribution in [2.75, 3.05) is 14.2 Å². The highest BCUT2D eigenvalue weighted by Crippen LogP contribution is 2.26. The van der Waals surface area contributed by atoms with E-state index in [2.05, 4.69) is 0 Å². The summed E-state index contributed by atoms with van der Waals surface area (Å²) in [5.41, 5.74) is 0.615. The van der Waals surface area contributed by atoms with Gasteiger partial charge in [-0.05, 0) is 43.5 Å². The smallest absolute Gasteiger partial charge is 0.337 e. The molecule has 2 rings (SSSR count). The number of methoxy groups -OCH3 is 2. The van der Waals surface area contributed by atoms with Gasteiger partial charge in [-0.1, -0.05) is 6.08 Å². The summed E-state index contributed by atoms with van der Waals surface area (Å²) in [6.45, 7) is 0. The molecule has 19 heavy (non-hydrogen) atoms. The minimum atomic E-state index is -0.307. The predicted molar refractivity (Wildman–Crippen MR) is 71.4 cm³/mol. The number of carbonyl (C=O) groups is 1. The Balaban J connectivity index is 2.09. The van der Waals surface area contributed by atoms with Crippen LogP contribution in [0.15, 0.2) is 35.9 Å². The van der Waals surface area contributed by atoms with E-state index in [1.54, 1.807) is 7.11 Å². The summed E-state index contributed by atoms with van der Waals surface area (Å²) < 4.78 is 15.7. The van der Waals surface area contributed by atoms with Gasteiger partial charge < -0.3 is 14.2 Å². The molecule has 0 heterocycles. The van der Waals surface area contributed by atoms with Gasteiger partial charge in [0, 0.05) is 0 Å². The van der Waals surface area contributed by atoms with Crippen molar-refractivity contribution >= 4 is 5.97 Å². The van der Waals surface area contributed by atoms with E-state index in [1.807, 2.05) is 30.3 Å². The highest BCUT2D eigenvalue weighted by atomic mass is 16.5. The average molecular weight is 262 g/mol. The Bertz CT molecular complexity index is 462. The number of benzene rings is 1. The van der Waals surface area contributed by atoms with Crippen LogP contribution in [0.4, 0.5) is 0 Å². The van der Waals surface area contributed by atoms with Gasteiger partial charge in [0.05, 0.1) is 19.8 Å². The Labute approximate surface area is 113 Å². The monoisotopic (exact) mass is 262 g/mol. The molecule has 1 aromatic rings. The van der Waals surface area contributed by atoms with E-state index in [-0.39, 0.29) is 12.1 Å². The maximum absolute atomic E-state index is 11.7. The predicted octanol–water partition coefficient (Wildman–Crippen LogP) is 2.73. The molecular formula is C15H18O4. The lowest BCUT2D eigenvalue weighted by atomic mass is 9.96. The molecule has 4 nitrogen and oxygen atoms in total. The molecule has 0 radical (unpaired) electrons. The van der Waals surface area contributed by atoms with Crippen LogP contribution in [0.5, 0.6) is 11.5 Å². The van der Waals surface area contributed by atoms with Crippen molar-refractivity contribution in [3.05, 3.63) is 35.9 Å². The van der Waals surface area contributed by atoms with E-state index >= 15 is 0 Å². The largest absolute Gasteiger partial charge is 0.497 e. The summed E-state index contributed by atoms with van der Waals surface area (Å²) in [6.07, 6.45) is 4.42. The topological polar surface area (TPSA) is 44.8 Å². The Morgan fingerprint density at radius 2 is 1.84 bits per heavy atom. The summed E-state index contributed by atoms with van der Waals surface area (Å²) in [6, 6.07) is 7.34. The zero-order valence-electron chi connectivity index (χ0n) is 11.2. The van der Waals surface area contributed by atoms with E-state index in [4.69, 9.17) is 14.2 Å². The summed E-state index contributed by atoms with van der Waals surface area (Å²) in [5.74, 6) is 1.19. The van der Waals surface area contributed by atoms with Gasteiger partial charge in [-0.15, -0.1) is 0 Å². The van der Waals surface area contributed by atoms with Gasteiger partial charge in [-0.2, -0.15) is 0 Å². The first-order chi connectivity index (χ1) is 9.24. The molecule has 1 aliphatic rings. The second-order valence-electron chi connectivity index (χ2n) is 4.36. The van der Waals surface area contributed by atoms with Crippen LogP contribution in [0.3, 0.4) is 0 Å². The first kappa shape index (κ1) is 13.5. The van der Waals surface area contributed by atoms with E-state index in [1.165, 1.54) is 7.11 Å². The van der Waals surface area contributed by atoms with Gasteiger partial charge in [0.1, 0.15) is 17.6 Å². The van der Waals surface area contributed by atoms with Crippen molar-refractivity contribution in [3.63, 3.8) is 0 Å². The van der Waals surface area contributed by atoms with E-state index in [0.29, 0.717) is 5.57 Å². The molecule has 0 aliphatic heterocycles. The zero-order chi connectivity index (χ0) is 13.7. The van der Waals surface area contributed by atoms with Gasteiger partial charge in [0.15, 0.2) is 0 Å². The molecule has 0 bridgehead atoms. The third-order valence-electron chi connectivity index (χ3n) is 3.14. The first-order valence-electron chi connectivity index (χ1n) is 6.33. The molecule has 1 aromatic carbocycles. The average Bonchev–Trinajstić information content (AvgIpc) is 2.48. The van der Waals surface area contributed by atoms with E-state index in [0.717, 1.165) is 30.8 Å². The summed E-state index contributed by atoms with van der Waals surface area (Å²) in [7, 11) is 3.01. The summed E-state index contributed by atoms with van der Waals surface area (Å²) >= 11 is 0. The van der Waals surface area contributed by atoms with E-state index < -0.39 is 0 Å². The highest BCUT2D eigenvalue weighted by Gasteiger charge is 2.25. The number of allylic oxidation sites excluding steroid dienone is 1. The fourth-order valence-corrected chi connectivity index (χ4v) is 2.12. The second kappa shape index (κ2) is 6.27. The minimum absolute atomic E-state index is 0.227. The van der Waals surface area contributed by atoms with Gasteiger partial charge >= 0.3 is 5.97 Å². The lowest BCUT2D eigenvalue weighted by molar-refractivity contribution is -0.137. The van der Waals surface area contributed by atoms with Crippen molar-refractivity contribution in [3.8, 4) is 11.5 Å².